The SMILES string of the molecule is CCCCCCCC1(C)C=C(C#N)c2ccc(O)cc2O1. The third-order valence-corrected chi connectivity index (χ3v) is 3.95. The first-order valence-electron chi connectivity index (χ1n) is 7.73. The molecule has 21 heavy (non-hydrogen) atoms. The molecule has 0 fully saturated rings. The zero-order valence-electron chi connectivity index (χ0n) is 12.9. The van der Waals surface area contributed by atoms with E-state index in [-0.39, 0.29) is 5.75 Å². The molecule has 3 nitrogen and oxygen atoms in total. The number of ether oxygens (including phenoxy) is 1. The number of hydrogen-bond acceptors (Lipinski definition) is 3. The fourth-order valence-corrected chi connectivity index (χ4v) is 2.78. The summed E-state index contributed by atoms with van der Waals surface area (Å²) in [5.41, 5.74) is 0.934. The maximum atomic E-state index is 9.61. The Morgan fingerprint density at radius 2 is 2.00 bits per heavy atom. The molecule has 0 amide bonds. The lowest BCUT2D eigenvalue weighted by Gasteiger charge is -2.33. The van der Waals surface area contributed by atoms with Crippen molar-refractivity contribution in [3.8, 4) is 17.6 Å². The van der Waals surface area contributed by atoms with E-state index in [2.05, 4.69) is 13.0 Å². The lowest BCUT2D eigenvalue weighted by molar-refractivity contribution is 0.123. The van der Waals surface area contributed by atoms with Gasteiger partial charge in [-0.15, -0.1) is 0 Å². The van der Waals surface area contributed by atoms with Gasteiger partial charge in [-0.1, -0.05) is 32.6 Å². The van der Waals surface area contributed by atoms with Gasteiger partial charge in [0, 0.05) is 11.6 Å². The summed E-state index contributed by atoms with van der Waals surface area (Å²) >= 11 is 0. The fraction of sp³-hybridized carbons (Fsp3) is 0.500. The Kier molecular flexibility index (Phi) is 4.90. The van der Waals surface area contributed by atoms with Gasteiger partial charge in [0.15, 0.2) is 0 Å². The molecule has 112 valence electrons. The van der Waals surface area contributed by atoms with Crippen LogP contribution in [0.5, 0.6) is 11.5 Å². The lowest BCUT2D eigenvalue weighted by Crippen LogP contribution is -2.32. The monoisotopic (exact) mass is 285 g/mol. The molecule has 0 aliphatic carbocycles. The van der Waals surface area contributed by atoms with Crippen LogP contribution in [0, 0.1) is 11.3 Å². The van der Waals surface area contributed by atoms with Crippen LogP contribution in [-0.4, -0.2) is 10.7 Å². The van der Waals surface area contributed by atoms with E-state index < -0.39 is 5.60 Å². The molecule has 0 spiro atoms. The Labute approximate surface area is 126 Å². The summed E-state index contributed by atoms with van der Waals surface area (Å²) in [5.74, 6) is 0.767. The number of rotatable bonds is 6. The zero-order chi connectivity index (χ0) is 15.3. The fourth-order valence-electron chi connectivity index (χ4n) is 2.78. The molecule has 1 aromatic rings. The van der Waals surface area contributed by atoms with E-state index in [9.17, 15) is 10.4 Å². The van der Waals surface area contributed by atoms with Gasteiger partial charge in [0.25, 0.3) is 0 Å². The van der Waals surface area contributed by atoms with Crippen molar-refractivity contribution in [3.63, 3.8) is 0 Å². The molecule has 2 rings (SSSR count). The second-order valence-electron chi connectivity index (χ2n) is 5.93. The molecule has 1 heterocycles. The Hall–Kier alpha value is -1.95. The molecule has 0 radical (unpaired) electrons. The number of nitriles is 1. The van der Waals surface area contributed by atoms with Crippen LogP contribution < -0.4 is 4.74 Å². The molecular formula is C18H23NO2. The van der Waals surface area contributed by atoms with Gasteiger partial charge in [0.05, 0.1) is 11.6 Å². The molecule has 1 N–H and O–H groups in total. The molecule has 1 aliphatic heterocycles. The van der Waals surface area contributed by atoms with Crippen molar-refractivity contribution in [2.45, 2.75) is 58.0 Å². The van der Waals surface area contributed by atoms with Crippen LogP contribution in [0.3, 0.4) is 0 Å². The van der Waals surface area contributed by atoms with E-state index in [1.54, 1.807) is 18.2 Å². The second-order valence-corrected chi connectivity index (χ2v) is 5.93. The largest absolute Gasteiger partial charge is 0.508 e. The number of hydrogen-bond donors (Lipinski definition) is 1. The number of unbranched alkanes of at least 4 members (excludes halogenated alkanes) is 4. The summed E-state index contributed by atoms with van der Waals surface area (Å²) in [7, 11) is 0. The van der Waals surface area contributed by atoms with Crippen LogP contribution in [0.4, 0.5) is 0 Å². The van der Waals surface area contributed by atoms with Crippen molar-refractivity contribution in [1.82, 2.24) is 0 Å². The summed E-state index contributed by atoms with van der Waals surface area (Å²) in [6.07, 6.45) is 8.84. The molecule has 1 unspecified atom stereocenters. The van der Waals surface area contributed by atoms with Gasteiger partial charge in [0.1, 0.15) is 17.1 Å². The Morgan fingerprint density at radius 1 is 1.24 bits per heavy atom. The lowest BCUT2D eigenvalue weighted by atomic mass is 9.90. The molecule has 0 aromatic heterocycles. The first-order valence-corrected chi connectivity index (χ1v) is 7.73. The summed E-state index contributed by atoms with van der Waals surface area (Å²) in [6, 6.07) is 7.16. The van der Waals surface area contributed by atoms with E-state index >= 15 is 0 Å². The summed E-state index contributed by atoms with van der Waals surface area (Å²) in [6.45, 7) is 4.22. The topological polar surface area (TPSA) is 53.2 Å². The predicted molar refractivity (Wildman–Crippen MR) is 84.1 cm³/mol. The van der Waals surface area contributed by atoms with Gasteiger partial charge in [-0.3, -0.25) is 0 Å². The highest BCUT2D eigenvalue weighted by Crippen LogP contribution is 2.39. The number of fused-ring (bicyclic) bond motifs is 1. The number of aromatic hydroxyl groups is 1. The summed E-state index contributed by atoms with van der Waals surface area (Å²) < 4.78 is 6.05. The molecule has 1 atom stereocenters. The van der Waals surface area contributed by atoms with Crippen LogP contribution in [-0.2, 0) is 0 Å². The third-order valence-electron chi connectivity index (χ3n) is 3.95. The van der Waals surface area contributed by atoms with Crippen molar-refractivity contribution in [2.24, 2.45) is 0 Å². The van der Waals surface area contributed by atoms with Crippen molar-refractivity contribution in [2.75, 3.05) is 0 Å². The molecule has 0 bridgehead atoms. The smallest absolute Gasteiger partial charge is 0.132 e. The maximum Gasteiger partial charge on any atom is 0.132 e. The maximum absolute atomic E-state index is 9.61. The van der Waals surface area contributed by atoms with E-state index in [0.29, 0.717) is 11.3 Å². The van der Waals surface area contributed by atoms with Gasteiger partial charge in [-0.25, -0.2) is 0 Å². The number of phenolic OH excluding ortho intramolecular Hbond substituents is 1. The van der Waals surface area contributed by atoms with Crippen LogP contribution in [0.1, 0.15) is 57.9 Å². The van der Waals surface area contributed by atoms with E-state index in [4.69, 9.17) is 4.74 Å². The highest BCUT2D eigenvalue weighted by Gasteiger charge is 2.30. The first kappa shape index (κ1) is 15.4. The second kappa shape index (κ2) is 6.67. The van der Waals surface area contributed by atoms with E-state index in [1.807, 2.05) is 13.0 Å². The highest BCUT2D eigenvalue weighted by molar-refractivity contribution is 5.82. The summed E-state index contributed by atoms with van der Waals surface area (Å²) in [5, 5.41) is 19.0. The third kappa shape index (κ3) is 3.78. The van der Waals surface area contributed by atoms with Gasteiger partial charge in [0.2, 0.25) is 0 Å². The van der Waals surface area contributed by atoms with Crippen LogP contribution in [0.25, 0.3) is 5.57 Å². The van der Waals surface area contributed by atoms with Crippen LogP contribution in [0.15, 0.2) is 24.3 Å². The molecule has 1 aliphatic rings. The first-order chi connectivity index (χ1) is 10.1. The minimum Gasteiger partial charge on any atom is -0.508 e. The molecule has 0 saturated carbocycles. The molecule has 3 heteroatoms. The van der Waals surface area contributed by atoms with Crippen molar-refractivity contribution >= 4 is 5.57 Å². The number of benzene rings is 1. The van der Waals surface area contributed by atoms with Gasteiger partial charge >= 0.3 is 0 Å². The Bertz CT molecular complexity index is 571. The number of nitrogens with zero attached hydrogens (tertiary/aromatic N) is 1. The molecule has 1 aromatic carbocycles. The van der Waals surface area contributed by atoms with Crippen LogP contribution in [0.2, 0.25) is 0 Å². The molecular weight excluding hydrogens is 262 g/mol. The van der Waals surface area contributed by atoms with Gasteiger partial charge in [-0.2, -0.15) is 5.26 Å². The van der Waals surface area contributed by atoms with E-state index in [1.165, 1.54) is 25.7 Å². The Morgan fingerprint density at radius 3 is 2.71 bits per heavy atom. The van der Waals surface area contributed by atoms with Crippen molar-refractivity contribution in [3.05, 3.63) is 29.8 Å². The zero-order valence-corrected chi connectivity index (χ0v) is 12.9. The normalized spacial score (nSPS) is 20.1. The minimum absolute atomic E-state index is 0.165. The van der Waals surface area contributed by atoms with Crippen molar-refractivity contribution < 1.29 is 9.84 Å². The summed E-state index contributed by atoms with van der Waals surface area (Å²) in [4.78, 5) is 0. The minimum atomic E-state index is -0.460. The average molecular weight is 285 g/mol. The quantitative estimate of drug-likeness (QED) is 0.763. The number of allylic oxidation sites excluding steroid dienone is 1. The molecule has 0 saturated heterocycles. The Balaban J connectivity index is 2.10. The number of phenols is 1. The highest BCUT2D eigenvalue weighted by atomic mass is 16.5. The standard InChI is InChI=1S/C18H23NO2/c1-3-4-5-6-7-10-18(2)12-14(13-19)16-9-8-15(20)11-17(16)21-18/h8-9,11-12,20H,3-7,10H2,1-2H3. The van der Waals surface area contributed by atoms with Crippen LogP contribution >= 0.6 is 0 Å². The average Bonchev–Trinajstić information content (AvgIpc) is 2.45. The van der Waals surface area contributed by atoms with Gasteiger partial charge < -0.3 is 9.84 Å². The van der Waals surface area contributed by atoms with Gasteiger partial charge in [-0.05, 0) is 38.0 Å². The van der Waals surface area contributed by atoms with Crippen molar-refractivity contribution in [1.29, 1.82) is 5.26 Å². The van der Waals surface area contributed by atoms with E-state index in [0.717, 1.165) is 18.4 Å². The predicted octanol–water partition coefficient (Wildman–Crippen LogP) is 4.81.